The number of nitrogens with zero attached hydrogens (tertiary/aromatic N) is 2. The Hall–Kier alpha value is -1.57. The van der Waals surface area contributed by atoms with Crippen molar-refractivity contribution in [3.8, 4) is 0 Å². The molecule has 0 atom stereocenters. The summed E-state index contributed by atoms with van der Waals surface area (Å²) >= 11 is 0. The lowest BCUT2D eigenvalue weighted by Gasteiger charge is -1.99. The van der Waals surface area contributed by atoms with Gasteiger partial charge in [0, 0.05) is 6.54 Å². The zero-order valence-corrected chi connectivity index (χ0v) is 7.70. The van der Waals surface area contributed by atoms with Crippen LogP contribution in [0.2, 0.25) is 0 Å². The van der Waals surface area contributed by atoms with Gasteiger partial charge in [0.25, 0.3) is 0 Å². The summed E-state index contributed by atoms with van der Waals surface area (Å²) in [6.07, 6.45) is 3.73. The molecular weight excluding hydrogens is 160 g/mol. The van der Waals surface area contributed by atoms with E-state index in [0.717, 1.165) is 17.6 Å². The molecule has 0 spiro atoms. The first-order valence-corrected chi connectivity index (χ1v) is 4.42. The summed E-state index contributed by atoms with van der Waals surface area (Å²) < 4.78 is 2.13. The molecule has 0 radical (unpaired) electrons. The third-order valence-corrected chi connectivity index (χ3v) is 2.22. The standard InChI is InChI=1S/C11H12N2/c1-3-9-5-6-10-11(7-9)13(4-2)8-12-10/h3,5-8H,1,4H2,2H3. The van der Waals surface area contributed by atoms with Crippen molar-refractivity contribution in [2.24, 2.45) is 0 Å². The van der Waals surface area contributed by atoms with Gasteiger partial charge in [0.2, 0.25) is 0 Å². The van der Waals surface area contributed by atoms with Gasteiger partial charge < -0.3 is 4.57 Å². The van der Waals surface area contributed by atoms with E-state index in [0.29, 0.717) is 0 Å². The Balaban J connectivity index is 2.71. The minimum atomic E-state index is 0.955. The van der Waals surface area contributed by atoms with Crippen LogP contribution in [-0.2, 0) is 6.54 Å². The summed E-state index contributed by atoms with van der Waals surface area (Å²) in [6, 6.07) is 6.17. The molecule has 1 heterocycles. The van der Waals surface area contributed by atoms with Crippen molar-refractivity contribution in [1.29, 1.82) is 0 Å². The van der Waals surface area contributed by atoms with Gasteiger partial charge in [-0.3, -0.25) is 0 Å². The van der Waals surface area contributed by atoms with Gasteiger partial charge in [-0.05, 0) is 24.6 Å². The first-order valence-electron chi connectivity index (χ1n) is 4.42. The molecule has 0 amide bonds. The van der Waals surface area contributed by atoms with Crippen LogP contribution >= 0.6 is 0 Å². The molecule has 1 aromatic heterocycles. The normalized spacial score (nSPS) is 10.5. The van der Waals surface area contributed by atoms with Crippen molar-refractivity contribution in [2.75, 3.05) is 0 Å². The van der Waals surface area contributed by atoms with Gasteiger partial charge in [-0.2, -0.15) is 0 Å². The maximum atomic E-state index is 4.29. The van der Waals surface area contributed by atoms with E-state index in [1.807, 2.05) is 24.5 Å². The van der Waals surface area contributed by atoms with E-state index in [1.165, 1.54) is 5.52 Å². The fourth-order valence-corrected chi connectivity index (χ4v) is 1.45. The van der Waals surface area contributed by atoms with Gasteiger partial charge in [0.05, 0.1) is 17.4 Å². The predicted molar refractivity (Wildman–Crippen MR) is 55.5 cm³/mol. The number of hydrogen-bond acceptors (Lipinski definition) is 1. The van der Waals surface area contributed by atoms with Crippen LogP contribution in [0.5, 0.6) is 0 Å². The molecule has 2 heteroatoms. The molecule has 13 heavy (non-hydrogen) atoms. The average molecular weight is 172 g/mol. The van der Waals surface area contributed by atoms with Crippen LogP contribution in [0.25, 0.3) is 17.1 Å². The predicted octanol–water partition coefficient (Wildman–Crippen LogP) is 2.70. The molecule has 0 unspecified atom stereocenters. The molecule has 0 aliphatic rings. The van der Waals surface area contributed by atoms with E-state index >= 15 is 0 Å². The molecule has 0 saturated heterocycles. The number of fused-ring (bicyclic) bond motifs is 1. The van der Waals surface area contributed by atoms with Crippen molar-refractivity contribution >= 4 is 17.1 Å². The van der Waals surface area contributed by atoms with Crippen LogP contribution in [0.3, 0.4) is 0 Å². The molecule has 0 fully saturated rings. The van der Waals surface area contributed by atoms with E-state index in [-0.39, 0.29) is 0 Å². The van der Waals surface area contributed by atoms with E-state index in [1.54, 1.807) is 0 Å². The SMILES string of the molecule is C=Cc1ccc2ncn(CC)c2c1. The van der Waals surface area contributed by atoms with Crippen molar-refractivity contribution in [3.05, 3.63) is 36.7 Å². The van der Waals surface area contributed by atoms with Crippen LogP contribution in [0, 0.1) is 0 Å². The van der Waals surface area contributed by atoms with Crippen LogP contribution in [-0.4, -0.2) is 9.55 Å². The topological polar surface area (TPSA) is 17.8 Å². The minimum Gasteiger partial charge on any atom is -0.331 e. The van der Waals surface area contributed by atoms with Gasteiger partial charge in [0.15, 0.2) is 0 Å². The van der Waals surface area contributed by atoms with E-state index in [9.17, 15) is 0 Å². The van der Waals surface area contributed by atoms with Gasteiger partial charge in [-0.25, -0.2) is 4.98 Å². The van der Waals surface area contributed by atoms with E-state index in [4.69, 9.17) is 0 Å². The van der Waals surface area contributed by atoms with Crippen molar-refractivity contribution in [3.63, 3.8) is 0 Å². The summed E-state index contributed by atoms with van der Waals surface area (Å²) in [5.41, 5.74) is 3.37. The Labute approximate surface area is 77.5 Å². The quantitative estimate of drug-likeness (QED) is 0.681. The van der Waals surface area contributed by atoms with Crippen molar-refractivity contribution in [2.45, 2.75) is 13.5 Å². The summed E-state index contributed by atoms with van der Waals surface area (Å²) in [4.78, 5) is 4.29. The Kier molecular flexibility index (Phi) is 1.89. The van der Waals surface area contributed by atoms with Gasteiger partial charge in [-0.15, -0.1) is 0 Å². The number of aromatic nitrogens is 2. The second-order valence-electron chi connectivity index (χ2n) is 2.98. The summed E-state index contributed by atoms with van der Waals surface area (Å²) in [5, 5.41) is 0. The third-order valence-electron chi connectivity index (χ3n) is 2.22. The molecule has 0 saturated carbocycles. The molecule has 0 aliphatic heterocycles. The first-order chi connectivity index (χ1) is 6.35. The molecule has 0 N–H and O–H groups in total. The highest BCUT2D eigenvalue weighted by atomic mass is 15.0. The Morgan fingerprint density at radius 1 is 1.54 bits per heavy atom. The molecule has 66 valence electrons. The van der Waals surface area contributed by atoms with E-state index in [2.05, 4.69) is 29.1 Å². The number of aryl methyl sites for hydroxylation is 1. The maximum Gasteiger partial charge on any atom is 0.0958 e. The second-order valence-corrected chi connectivity index (χ2v) is 2.98. The van der Waals surface area contributed by atoms with Crippen LogP contribution in [0.1, 0.15) is 12.5 Å². The summed E-state index contributed by atoms with van der Waals surface area (Å²) in [7, 11) is 0. The highest BCUT2D eigenvalue weighted by Crippen LogP contribution is 2.15. The van der Waals surface area contributed by atoms with Crippen LogP contribution in [0.4, 0.5) is 0 Å². The van der Waals surface area contributed by atoms with E-state index < -0.39 is 0 Å². The fourth-order valence-electron chi connectivity index (χ4n) is 1.45. The molecular formula is C11H12N2. The highest BCUT2D eigenvalue weighted by molar-refractivity contribution is 5.78. The molecule has 2 nitrogen and oxygen atoms in total. The summed E-state index contributed by atoms with van der Waals surface area (Å²) in [6.45, 7) is 6.82. The lowest BCUT2D eigenvalue weighted by Crippen LogP contribution is -1.90. The minimum absolute atomic E-state index is 0.955. The zero-order chi connectivity index (χ0) is 9.26. The Morgan fingerprint density at radius 2 is 2.38 bits per heavy atom. The largest absolute Gasteiger partial charge is 0.331 e. The van der Waals surface area contributed by atoms with Crippen LogP contribution < -0.4 is 0 Å². The summed E-state index contributed by atoms with van der Waals surface area (Å²) in [5.74, 6) is 0. The van der Waals surface area contributed by atoms with Gasteiger partial charge >= 0.3 is 0 Å². The number of rotatable bonds is 2. The smallest absolute Gasteiger partial charge is 0.0958 e. The third kappa shape index (κ3) is 1.24. The zero-order valence-electron chi connectivity index (χ0n) is 7.70. The molecule has 0 bridgehead atoms. The Bertz CT molecular complexity index is 440. The first kappa shape index (κ1) is 8.05. The lowest BCUT2D eigenvalue weighted by atomic mass is 10.2. The van der Waals surface area contributed by atoms with Crippen LogP contribution in [0.15, 0.2) is 31.1 Å². The molecule has 1 aromatic carbocycles. The maximum absolute atomic E-state index is 4.29. The number of imidazole rings is 1. The Morgan fingerprint density at radius 3 is 3.08 bits per heavy atom. The average Bonchev–Trinajstić information content (AvgIpc) is 2.59. The molecule has 2 aromatic rings. The second kappa shape index (κ2) is 3.05. The molecule has 0 aliphatic carbocycles. The fraction of sp³-hybridized carbons (Fsp3) is 0.182. The number of benzene rings is 1. The monoisotopic (exact) mass is 172 g/mol. The van der Waals surface area contributed by atoms with Crippen molar-refractivity contribution < 1.29 is 0 Å². The number of hydrogen-bond donors (Lipinski definition) is 0. The van der Waals surface area contributed by atoms with Gasteiger partial charge in [-0.1, -0.05) is 18.7 Å². The lowest BCUT2D eigenvalue weighted by molar-refractivity contribution is 0.787. The van der Waals surface area contributed by atoms with Crippen molar-refractivity contribution in [1.82, 2.24) is 9.55 Å². The highest BCUT2D eigenvalue weighted by Gasteiger charge is 1.99. The van der Waals surface area contributed by atoms with Gasteiger partial charge in [0.1, 0.15) is 0 Å². The molecule has 2 rings (SSSR count).